The minimum atomic E-state index is -0.0556. The molecule has 0 aromatic rings. The van der Waals surface area contributed by atoms with Gasteiger partial charge in [-0.1, -0.05) is 0 Å². The van der Waals surface area contributed by atoms with Gasteiger partial charge >= 0.3 is 0 Å². The van der Waals surface area contributed by atoms with Crippen LogP contribution in [0, 0.1) is 0 Å². The molecule has 2 atom stereocenters. The Morgan fingerprint density at radius 1 is 1.25 bits per heavy atom. The molecule has 0 bridgehead atoms. The summed E-state index contributed by atoms with van der Waals surface area (Å²) in [7, 11) is 3.53. The maximum atomic E-state index is 5.66. The summed E-state index contributed by atoms with van der Waals surface area (Å²) in [5, 5.41) is 3.49. The van der Waals surface area contributed by atoms with Crippen LogP contribution in [0.25, 0.3) is 0 Å². The fraction of sp³-hybridized carbons (Fsp3) is 1.00. The quantitative estimate of drug-likeness (QED) is 0.745. The molecule has 1 N–H and O–H groups in total. The van der Waals surface area contributed by atoms with Crippen molar-refractivity contribution in [2.45, 2.75) is 44.4 Å². The van der Waals surface area contributed by atoms with E-state index >= 15 is 0 Å². The third-order valence-corrected chi connectivity index (χ3v) is 3.66. The molecule has 1 saturated heterocycles. The zero-order valence-electron chi connectivity index (χ0n) is 10.9. The van der Waals surface area contributed by atoms with Gasteiger partial charge in [-0.2, -0.15) is 0 Å². The van der Waals surface area contributed by atoms with Crippen LogP contribution in [0.5, 0.6) is 0 Å². The Hall–Kier alpha value is -0.160. The zero-order valence-corrected chi connectivity index (χ0v) is 10.9. The first-order valence-corrected chi connectivity index (χ1v) is 6.02. The Morgan fingerprint density at radius 2 is 1.88 bits per heavy atom. The summed E-state index contributed by atoms with van der Waals surface area (Å²) < 4.78 is 16.3. The van der Waals surface area contributed by atoms with Crippen molar-refractivity contribution in [3.05, 3.63) is 0 Å². The van der Waals surface area contributed by atoms with Crippen molar-refractivity contribution >= 4 is 0 Å². The molecule has 4 nitrogen and oxygen atoms in total. The first-order valence-electron chi connectivity index (χ1n) is 6.02. The number of hydrogen-bond donors (Lipinski definition) is 1. The molecule has 0 spiro atoms. The van der Waals surface area contributed by atoms with Gasteiger partial charge < -0.3 is 19.5 Å². The van der Waals surface area contributed by atoms with Crippen LogP contribution in [0.1, 0.15) is 26.7 Å². The third kappa shape index (κ3) is 3.70. The van der Waals surface area contributed by atoms with E-state index in [1.54, 1.807) is 14.2 Å². The number of methoxy groups -OCH3 is 2. The largest absolute Gasteiger partial charge is 0.381 e. The fourth-order valence-corrected chi connectivity index (χ4v) is 1.91. The number of ether oxygens (including phenoxy) is 3. The highest BCUT2D eigenvalue weighted by atomic mass is 16.5. The van der Waals surface area contributed by atoms with Crippen LogP contribution >= 0.6 is 0 Å². The minimum absolute atomic E-state index is 0.0556. The van der Waals surface area contributed by atoms with Gasteiger partial charge in [0, 0.05) is 52.9 Å². The minimum Gasteiger partial charge on any atom is -0.381 e. The van der Waals surface area contributed by atoms with Crippen molar-refractivity contribution in [3.63, 3.8) is 0 Å². The van der Waals surface area contributed by atoms with E-state index in [9.17, 15) is 0 Å². The van der Waals surface area contributed by atoms with Crippen molar-refractivity contribution in [1.29, 1.82) is 0 Å². The first kappa shape index (κ1) is 13.9. The van der Waals surface area contributed by atoms with E-state index in [-0.39, 0.29) is 11.7 Å². The second kappa shape index (κ2) is 6.55. The second-order valence-electron chi connectivity index (χ2n) is 4.61. The lowest BCUT2D eigenvalue weighted by Crippen LogP contribution is -2.50. The topological polar surface area (TPSA) is 39.7 Å². The van der Waals surface area contributed by atoms with Gasteiger partial charge in [-0.15, -0.1) is 0 Å². The molecule has 2 unspecified atom stereocenters. The van der Waals surface area contributed by atoms with Crippen LogP contribution in [0.3, 0.4) is 0 Å². The average molecular weight is 231 g/mol. The predicted molar refractivity (Wildman–Crippen MR) is 63.7 cm³/mol. The molecule has 0 saturated carbocycles. The monoisotopic (exact) mass is 231 g/mol. The second-order valence-corrected chi connectivity index (χ2v) is 4.61. The molecule has 1 heterocycles. The lowest BCUT2D eigenvalue weighted by atomic mass is 9.93. The third-order valence-electron chi connectivity index (χ3n) is 3.66. The molecule has 1 aliphatic rings. The molecule has 4 heteroatoms. The Kier molecular flexibility index (Phi) is 5.69. The number of nitrogens with one attached hydrogen (secondary N) is 1. The van der Waals surface area contributed by atoms with Crippen molar-refractivity contribution in [1.82, 2.24) is 5.32 Å². The van der Waals surface area contributed by atoms with E-state index in [2.05, 4.69) is 19.2 Å². The van der Waals surface area contributed by atoms with Crippen molar-refractivity contribution in [2.24, 2.45) is 0 Å². The molecule has 16 heavy (non-hydrogen) atoms. The molecular weight excluding hydrogens is 206 g/mol. The van der Waals surface area contributed by atoms with Crippen molar-refractivity contribution < 1.29 is 14.2 Å². The Balaban J connectivity index is 2.38. The molecule has 1 aliphatic heterocycles. The van der Waals surface area contributed by atoms with Gasteiger partial charge in [-0.05, 0) is 13.8 Å². The maximum Gasteiger partial charge on any atom is 0.0846 e. The van der Waals surface area contributed by atoms with Gasteiger partial charge in [-0.25, -0.2) is 0 Å². The van der Waals surface area contributed by atoms with Crippen LogP contribution in [0.15, 0.2) is 0 Å². The Labute approximate surface area is 98.6 Å². The van der Waals surface area contributed by atoms with E-state index < -0.39 is 0 Å². The Morgan fingerprint density at radius 3 is 2.38 bits per heavy atom. The van der Waals surface area contributed by atoms with Crippen LogP contribution < -0.4 is 5.32 Å². The molecule has 0 radical (unpaired) electrons. The molecule has 1 fully saturated rings. The summed E-state index contributed by atoms with van der Waals surface area (Å²) in [6, 6.07) is 0.333. The van der Waals surface area contributed by atoms with Gasteiger partial charge in [-0.3, -0.25) is 0 Å². The van der Waals surface area contributed by atoms with Gasteiger partial charge in [0.15, 0.2) is 0 Å². The molecule has 1 rings (SSSR count). The molecule has 96 valence electrons. The van der Waals surface area contributed by atoms with Gasteiger partial charge in [0.25, 0.3) is 0 Å². The van der Waals surface area contributed by atoms with E-state index in [1.165, 1.54) is 0 Å². The van der Waals surface area contributed by atoms with Crippen LogP contribution in [-0.2, 0) is 14.2 Å². The van der Waals surface area contributed by atoms with Gasteiger partial charge in [0.2, 0.25) is 0 Å². The number of hydrogen-bond acceptors (Lipinski definition) is 4. The normalized spacial score (nSPS) is 24.0. The Bertz CT molecular complexity index is 193. The molecule has 0 aliphatic carbocycles. The molecule has 0 aromatic heterocycles. The van der Waals surface area contributed by atoms with E-state index in [0.29, 0.717) is 6.04 Å². The summed E-state index contributed by atoms with van der Waals surface area (Å²) >= 11 is 0. The highest BCUT2D eigenvalue weighted by Gasteiger charge is 2.32. The average Bonchev–Trinajstić information content (AvgIpc) is 2.36. The lowest BCUT2D eigenvalue weighted by molar-refractivity contribution is -0.0900. The molecular formula is C12H25NO3. The van der Waals surface area contributed by atoms with Gasteiger partial charge in [0.1, 0.15) is 0 Å². The zero-order chi connectivity index (χ0) is 12.0. The summed E-state index contributed by atoms with van der Waals surface area (Å²) in [6.07, 6.45) is 2.14. The first-order chi connectivity index (χ1) is 7.63. The number of rotatable bonds is 6. The van der Waals surface area contributed by atoms with Gasteiger partial charge in [0.05, 0.1) is 11.7 Å². The van der Waals surface area contributed by atoms with E-state index in [1.807, 2.05) is 0 Å². The standard InChI is InChI=1S/C12H25NO3/c1-10(11(2)14-3)13-9-12(15-4)5-7-16-8-6-12/h10-11,13H,5-9H2,1-4H3. The van der Waals surface area contributed by atoms with Crippen molar-refractivity contribution in [2.75, 3.05) is 34.0 Å². The smallest absolute Gasteiger partial charge is 0.0846 e. The molecule has 0 aromatic carbocycles. The fourth-order valence-electron chi connectivity index (χ4n) is 1.91. The van der Waals surface area contributed by atoms with E-state index in [4.69, 9.17) is 14.2 Å². The summed E-state index contributed by atoms with van der Waals surface area (Å²) in [5.74, 6) is 0. The summed E-state index contributed by atoms with van der Waals surface area (Å²) in [4.78, 5) is 0. The maximum absolute atomic E-state index is 5.66. The SMILES string of the molecule is COC(C)C(C)NCC1(OC)CCOCC1. The predicted octanol–water partition coefficient (Wildman–Crippen LogP) is 1.19. The summed E-state index contributed by atoms with van der Waals surface area (Å²) in [5.41, 5.74) is -0.0556. The highest BCUT2D eigenvalue weighted by Crippen LogP contribution is 2.23. The van der Waals surface area contributed by atoms with Crippen LogP contribution in [0.4, 0.5) is 0 Å². The van der Waals surface area contributed by atoms with Crippen molar-refractivity contribution in [3.8, 4) is 0 Å². The van der Waals surface area contributed by atoms with E-state index in [0.717, 1.165) is 32.6 Å². The lowest BCUT2D eigenvalue weighted by Gasteiger charge is -2.37. The summed E-state index contributed by atoms with van der Waals surface area (Å²) in [6.45, 7) is 6.66. The highest BCUT2D eigenvalue weighted by molar-refractivity contribution is 4.87. The van der Waals surface area contributed by atoms with Crippen LogP contribution in [-0.4, -0.2) is 51.7 Å². The molecule has 0 amide bonds. The van der Waals surface area contributed by atoms with Crippen LogP contribution in [0.2, 0.25) is 0 Å².